The second-order valence-electron chi connectivity index (χ2n) is 4.44. The number of hydrogen-bond donors (Lipinski definition) is 1. The molecular weight excluding hydrogens is 250 g/mol. The first-order valence-electron chi connectivity index (χ1n) is 6.17. The van der Waals surface area contributed by atoms with Gasteiger partial charge in [0, 0.05) is 43.9 Å². The lowest BCUT2D eigenvalue weighted by atomic mass is 10.1. The summed E-state index contributed by atoms with van der Waals surface area (Å²) in [6.07, 6.45) is 3.91. The van der Waals surface area contributed by atoms with Gasteiger partial charge in [-0.15, -0.1) is 11.3 Å². The fourth-order valence-corrected chi connectivity index (χ4v) is 2.67. The molecule has 0 atom stereocenters. The van der Waals surface area contributed by atoms with Gasteiger partial charge in [0.25, 0.3) is 0 Å². The quantitative estimate of drug-likeness (QED) is 0.862. The smallest absolute Gasteiger partial charge is 0.248 e. The van der Waals surface area contributed by atoms with E-state index in [1.807, 2.05) is 16.6 Å². The Morgan fingerprint density at radius 3 is 3.00 bits per heavy atom. The van der Waals surface area contributed by atoms with Crippen LogP contribution < -0.4 is 5.32 Å². The Morgan fingerprint density at radius 2 is 2.39 bits per heavy atom. The monoisotopic (exact) mass is 269 g/mol. The molecule has 0 radical (unpaired) electrons. The van der Waals surface area contributed by atoms with E-state index in [9.17, 15) is 4.79 Å². The second kappa shape index (κ2) is 6.82. The number of carbonyl (C=O) groups excluding carboxylic acids is 1. The van der Waals surface area contributed by atoms with Crippen molar-refractivity contribution in [1.29, 1.82) is 0 Å². The molecule has 0 saturated carbocycles. The van der Waals surface area contributed by atoms with E-state index in [-0.39, 0.29) is 12.5 Å². The lowest BCUT2D eigenvalue weighted by Gasteiger charge is -2.32. The van der Waals surface area contributed by atoms with E-state index in [2.05, 4.69) is 10.3 Å². The third-order valence-electron chi connectivity index (χ3n) is 3.16. The summed E-state index contributed by atoms with van der Waals surface area (Å²) >= 11 is 1.67. The number of thiazole rings is 1. The molecular formula is C12H19N3O2S. The average molecular weight is 269 g/mol. The van der Waals surface area contributed by atoms with Crippen LogP contribution in [0.1, 0.15) is 17.7 Å². The van der Waals surface area contributed by atoms with Crippen molar-refractivity contribution in [3.05, 3.63) is 16.6 Å². The van der Waals surface area contributed by atoms with Crippen molar-refractivity contribution in [1.82, 2.24) is 15.2 Å². The molecule has 1 fully saturated rings. The third kappa shape index (κ3) is 3.76. The highest BCUT2D eigenvalue weighted by Gasteiger charge is 2.22. The zero-order valence-corrected chi connectivity index (χ0v) is 11.4. The van der Waals surface area contributed by atoms with Gasteiger partial charge in [-0.1, -0.05) is 0 Å². The second-order valence-corrected chi connectivity index (χ2v) is 5.41. The molecule has 1 aliphatic rings. The van der Waals surface area contributed by atoms with Gasteiger partial charge >= 0.3 is 0 Å². The van der Waals surface area contributed by atoms with Crippen molar-refractivity contribution in [2.45, 2.75) is 25.4 Å². The zero-order valence-electron chi connectivity index (χ0n) is 10.6. The minimum absolute atomic E-state index is 0.0957. The van der Waals surface area contributed by atoms with Crippen LogP contribution in [0.5, 0.6) is 0 Å². The van der Waals surface area contributed by atoms with Gasteiger partial charge in [-0.05, 0) is 12.8 Å². The summed E-state index contributed by atoms with van der Waals surface area (Å²) in [5.74, 6) is 0.0957. The maximum Gasteiger partial charge on any atom is 0.248 e. The zero-order chi connectivity index (χ0) is 12.8. The minimum Gasteiger partial charge on any atom is -0.375 e. The molecule has 0 spiro atoms. The molecule has 2 heterocycles. The fourth-order valence-electron chi connectivity index (χ4n) is 2.12. The standard InChI is InChI=1S/C12H19N3O2S/c1-17-8-12(16)15-4-2-10(3-5-15)14-7-11-6-13-9-18-11/h6,9-10,14H,2-5,7-8H2,1H3. The third-order valence-corrected chi connectivity index (χ3v) is 3.94. The van der Waals surface area contributed by atoms with Gasteiger partial charge in [0.05, 0.1) is 5.51 Å². The van der Waals surface area contributed by atoms with E-state index in [0.29, 0.717) is 6.04 Å². The molecule has 1 aromatic heterocycles. The number of hydrogen-bond acceptors (Lipinski definition) is 5. The van der Waals surface area contributed by atoms with E-state index >= 15 is 0 Å². The molecule has 0 bridgehead atoms. The van der Waals surface area contributed by atoms with E-state index < -0.39 is 0 Å². The van der Waals surface area contributed by atoms with Crippen LogP contribution in [0.2, 0.25) is 0 Å². The summed E-state index contributed by atoms with van der Waals surface area (Å²) in [5.41, 5.74) is 1.85. The Morgan fingerprint density at radius 1 is 1.61 bits per heavy atom. The van der Waals surface area contributed by atoms with E-state index in [1.165, 1.54) is 4.88 Å². The number of carbonyl (C=O) groups is 1. The normalized spacial score (nSPS) is 17.1. The number of rotatable bonds is 5. The van der Waals surface area contributed by atoms with Crippen LogP contribution in [0, 0.1) is 0 Å². The van der Waals surface area contributed by atoms with Crippen LogP contribution >= 0.6 is 11.3 Å². The fraction of sp³-hybridized carbons (Fsp3) is 0.667. The number of ether oxygens (including phenoxy) is 1. The number of aromatic nitrogens is 1. The van der Waals surface area contributed by atoms with Gasteiger partial charge in [0.15, 0.2) is 0 Å². The van der Waals surface area contributed by atoms with Crippen LogP contribution in [-0.4, -0.2) is 48.6 Å². The van der Waals surface area contributed by atoms with Crippen molar-refractivity contribution in [3.8, 4) is 0 Å². The molecule has 0 unspecified atom stereocenters. The van der Waals surface area contributed by atoms with Crippen molar-refractivity contribution < 1.29 is 9.53 Å². The molecule has 1 saturated heterocycles. The lowest BCUT2D eigenvalue weighted by molar-refractivity contribution is -0.136. The topological polar surface area (TPSA) is 54.5 Å². The van der Waals surface area contributed by atoms with E-state index in [4.69, 9.17) is 4.74 Å². The Hall–Kier alpha value is -0.980. The predicted octanol–water partition coefficient (Wildman–Crippen LogP) is 0.870. The number of amides is 1. The summed E-state index contributed by atoms with van der Waals surface area (Å²) in [7, 11) is 1.56. The number of methoxy groups -OCH3 is 1. The summed E-state index contributed by atoms with van der Waals surface area (Å²) in [6, 6.07) is 0.499. The Labute approximate surface area is 111 Å². The van der Waals surface area contributed by atoms with Crippen molar-refractivity contribution in [2.75, 3.05) is 26.8 Å². The van der Waals surface area contributed by atoms with Crippen LogP contribution in [-0.2, 0) is 16.1 Å². The minimum atomic E-state index is 0.0957. The van der Waals surface area contributed by atoms with Gasteiger partial charge in [-0.3, -0.25) is 9.78 Å². The van der Waals surface area contributed by atoms with Gasteiger partial charge in [0.1, 0.15) is 6.61 Å². The molecule has 1 N–H and O–H groups in total. The summed E-state index contributed by atoms with van der Waals surface area (Å²) in [5, 5.41) is 3.52. The van der Waals surface area contributed by atoms with Crippen LogP contribution in [0.3, 0.4) is 0 Å². The van der Waals surface area contributed by atoms with Gasteiger partial charge < -0.3 is 15.0 Å². The van der Waals surface area contributed by atoms with Gasteiger partial charge in [-0.2, -0.15) is 0 Å². The molecule has 2 rings (SSSR count). The van der Waals surface area contributed by atoms with Crippen molar-refractivity contribution in [3.63, 3.8) is 0 Å². The molecule has 5 nitrogen and oxygen atoms in total. The van der Waals surface area contributed by atoms with Gasteiger partial charge in [0.2, 0.25) is 5.91 Å². The number of likely N-dealkylation sites (tertiary alicyclic amines) is 1. The molecule has 0 aliphatic carbocycles. The molecule has 0 aromatic carbocycles. The lowest BCUT2D eigenvalue weighted by Crippen LogP contribution is -2.45. The van der Waals surface area contributed by atoms with Crippen molar-refractivity contribution in [2.24, 2.45) is 0 Å². The van der Waals surface area contributed by atoms with E-state index in [1.54, 1.807) is 18.4 Å². The molecule has 6 heteroatoms. The number of nitrogens with one attached hydrogen (secondary N) is 1. The highest BCUT2D eigenvalue weighted by molar-refractivity contribution is 7.09. The Bertz CT molecular complexity index is 361. The maximum atomic E-state index is 11.6. The molecule has 1 amide bonds. The summed E-state index contributed by atoms with van der Waals surface area (Å²) in [6.45, 7) is 2.71. The highest BCUT2D eigenvalue weighted by atomic mass is 32.1. The Kier molecular flexibility index (Phi) is 5.10. The number of piperidine rings is 1. The SMILES string of the molecule is COCC(=O)N1CCC(NCc2cncs2)CC1. The highest BCUT2D eigenvalue weighted by Crippen LogP contribution is 2.12. The van der Waals surface area contributed by atoms with Gasteiger partial charge in [-0.25, -0.2) is 0 Å². The summed E-state index contributed by atoms with van der Waals surface area (Å²) in [4.78, 5) is 18.8. The Balaban J connectivity index is 1.68. The predicted molar refractivity (Wildman–Crippen MR) is 70.4 cm³/mol. The molecule has 1 aromatic rings. The van der Waals surface area contributed by atoms with Crippen LogP contribution in [0.25, 0.3) is 0 Å². The molecule has 18 heavy (non-hydrogen) atoms. The average Bonchev–Trinajstić information content (AvgIpc) is 2.90. The molecule has 100 valence electrons. The first-order chi connectivity index (χ1) is 8.79. The first-order valence-corrected chi connectivity index (χ1v) is 7.05. The number of nitrogens with zero attached hydrogens (tertiary/aromatic N) is 2. The maximum absolute atomic E-state index is 11.6. The first kappa shape index (κ1) is 13.5. The molecule has 1 aliphatic heterocycles. The van der Waals surface area contributed by atoms with E-state index in [0.717, 1.165) is 32.5 Å². The largest absolute Gasteiger partial charge is 0.375 e. The van der Waals surface area contributed by atoms with Crippen LogP contribution in [0.15, 0.2) is 11.7 Å². The summed E-state index contributed by atoms with van der Waals surface area (Å²) < 4.78 is 4.87. The van der Waals surface area contributed by atoms with Crippen molar-refractivity contribution >= 4 is 17.2 Å². The van der Waals surface area contributed by atoms with Crippen LogP contribution in [0.4, 0.5) is 0 Å².